The van der Waals surface area contributed by atoms with Gasteiger partial charge in [0.25, 0.3) is 0 Å². The standard InChI is InChI=1S/C18H24N2O3/c19-16(22)11-18(7-2-1-3-8-18)20-17(23)15-10-14(15)12-5-4-6-13(21)9-12/h4-6,9,14-15,21H,1-3,7-8,10-11H2,(H2,19,22)(H,20,23)/t14-,15+/m0/s1. The normalized spacial score (nSPS) is 25.6. The second-order valence-electron chi connectivity index (χ2n) is 7.02. The number of aromatic hydroxyl groups is 1. The number of nitrogens with two attached hydrogens (primary N) is 1. The van der Waals surface area contributed by atoms with E-state index in [9.17, 15) is 14.7 Å². The lowest BCUT2D eigenvalue weighted by Crippen LogP contribution is -2.52. The molecule has 0 saturated heterocycles. The number of hydrogen-bond acceptors (Lipinski definition) is 3. The topological polar surface area (TPSA) is 92.4 Å². The summed E-state index contributed by atoms with van der Waals surface area (Å²) in [6.45, 7) is 0. The van der Waals surface area contributed by atoms with Gasteiger partial charge in [0.05, 0.1) is 0 Å². The van der Waals surface area contributed by atoms with Crippen LogP contribution in [0.4, 0.5) is 0 Å². The zero-order valence-electron chi connectivity index (χ0n) is 13.3. The average Bonchev–Trinajstić information content (AvgIpc) is 3.27. The molecule has 5 nitrogen and oxygen atoms in total. The number of benzene rings is 1. The minimum absolute atomic E-state index is 0.0153. The smallest absolute Gasteiger partial charge is 0.224 e. The van der Waals surface area contributed by atoms with E-state index >= 15 is 0 Å². The van der Waals surface area contributed by atoms with Gasteiger partial charge in [-0.3, -0.25) is 9.59 Å². The third-order valence-electron chi connectivity index (χ3n) is 5.14. The summed E-state index contributed by atoms with van der Waals surface area (Å²) in [7, 11) is 0. The van der Waals surface area contributed by atoms with Gasteiger partial charge in [-0.15, -0.1) is 0 Å². The monoisotopic (exact) mass is 316 g/mol. The van der Waals surface area contributed by atoms with Crippen LogP contribution < -0.4 is 11.1 Å². The Labute approximate surface area is 136 Å². The summed E-state index contributed by atoms with van der Waals surface area (Å²) < 4.78 is 0. The summed E-state index contributed by atoms with van der Waals surface area (Å²) >= 11 is 0. The Morgan fingerprint density at radius 3 is 2.65 bits per heavy atom. The van der Waals surface area contributed by atoms with Crippen molar-refractivity contribution in [3.8, 4) is 5.75 Å². The molecule has 124 valence electrons. The molecule has 0 aromatic heterocycles. The van der Waals surface area contributed by atoms with Gasteiger partial charge in [0.15, 0.2) is 0 Å². The van der Waals surface area contributed by atoms with E-state index in [1.54, 1.807) is 18.2 Å². The maximum atomic E-state index is 12.6. The molecule has 1 aromatic carbocycles. The van der Waals surface area contributed by atoms with Gasteiger partial charge < -0.3 is 16.2 Å². The van der Waals surface area contributed by atoms with Crippen LogP contribution in [0.25, 0.3) is 0 Å². The van der Waals surface area contributed by atoms with E-state index in [-0.39, 0.29) is 35.8 Å². The zero-order chi connectivity index (χ0) is 16.4. The van der Waals surface area contributed by atoms with Crippen molar-refractivity contribution in [2.75, 3.05) is 0 Å². The number of carbonyl (C=O) groups excluding carboxylic acids is 2. The highest BCUT2D eigenvalue weighted by Crippen LogP contribution is 2.48. The van der Waals surface area contributed by atoms with Crippen molar-refractivity contribution in [1.82, 2.24) is 5.32 Å². The predicted octanol–water partition coefficient (Wildman–Crippen LogP) is 2.19. The number of phenolic OH excluding ortho intramolecular Hbond substituents is 1. The lowest BCUT2D eigenvalue weighted by Gasteiger charge is -2.37. The lowest BCUT2D eigenvalue weighted by atomic mass is 9.79. The molecule has 4 N–H and O–H groups in total. The first-order chi connectivity index (χ1) is 11.0. The van der Waals surface area contributed by atoms with E-state index in [2.05, 4.69) is 5.32 Å². The Bertz CT molecular complexity index is 608. The number of hydrogen-bond donors (Lipinski definition) is 3. The third-order valence-corrected chi connectivity index (χ3v) is 5.14. The van der Waals surface area contributed by atoms with Crippen LogP contribution in [0, 0.1) is 5.92 Å². The molecule has 5 heteroatoms. The largest absolute Gasteiger partial charge is 0.508 e. The van der Waals surface area contributed by atoms with Crippen LogP contribution in [-0.4, -0.2) is 22.5 Å². The summed E-state index contributed by atoms with van der Waals surface area (Å²) in [6.07, 6.45) is 5.86. The zero-order valence-corrected chi connectivity index (χ0v) is 13.3. The van der Waals surface area contributed by atoms with Crippen LogP contribution in [0.15, 0.2) is 24.3 Å². The molecule has 23 heavy (non-hydrogen) atoms. The number of nitrogens with one attached hydrogen (secondary N) is 1. The first-order valence-corrected chi connectivity index (χ1v) is 8.38. The van der Waals surface area contributed by atoms with Gasteiger partial charge >= 0.3 is 0 Å². The molecule has 2 aliphatic carbocycles. The Morgan fingerprint density at radius 2 is 2.00 bits per heavy atom. The van der Waals surface area contributed by atoms with Gasteiger partial charge in [-0.1, -0.05) is 31.4 Å². The van der Waals surface area contributed by atoms with Gasteiger partial charge in [-0.2, -0.15) is 0 Å². The third kappa shape index (κ3) is 3.66. The molecule has 0 heterocycles. The molecule has 0 aliphatic heterocycles. The number of carbonyl (C=O) groups is 2. The van der Waals surface area contributed by atoms with Gasteiger partial charge in [0, 0.05) is 17.9 Å². The molecule has 2 saturated carbocycles. The highest BCUT2D eigenvalue weighted by atomic mass is 16.3. The first kappa shape index (κ1) is 15.8. The molecular weight excluding hydrogens is 292 g/mol. The first-order valence-electron chi connectivity index (χ1n) is 8.38. The second-order valence-corrected chi connectivity index (χ2v) is 7.02. The fourth-order valence-corrected chi connectivity index (χ4v) is 3.87. The van der Waals surface area contributed by atoms with E-state index in [4.69, 9.17) is 5.73 Å². The summed E-state index contributed by atoms with van der Waals surface area (Å²) in [6, 6.07) is 7.09. The summed E-state index contributed by atoms with van der Waals surface area (Å²) in [4.78, 5) is 24.0. The molecule has 0 bridgehead atoms. The Kier molecular flexibility index (Phi) is 4.28. The van der Waals surface area contributed by atoms with Crippen molar-refractivity contribution < 1.29 is 14.7 Å². The van der Waals surface area contributed by atoms with Gasteiger partial charge in [-0.25, -0.2) is 0 Å². The summed E-state index contributed by atoms with van der Waals surface area (Å²) in [5, 5.41) is 12.7. The molecule has 1 aromatic rings. The molecule has 2 aliphatic rings. The van der Waals surface area contributed by atoms with Crippen LogP contribution in [0.2, 0.25) is 0 Å². The Hall–Kier alpha value is -2.04. The molecule has 2 atom stereocenters. The van der Waals surface area contributed by atoms with E-state index in [1.807, 2.05) is 6.07 Å². The van der Waals surface area contributed by atoms with Crippen LogP contribution >= 0.6 is 0 Å². The lowest BCUT2D eigenvalue weighted by molar-refractivity contribution is -0.126. The fraction of sp³-hybridized carbons (Fsp3) is 0.556. The SMILES string of the molecule is NC(=O)CC1(NC(=O)[C@@H]2C[C@H]2c2cccc(O)c2)CCCCC1. The molecule has 0 radical (unpaired) electrons. The molecule has 2 amide bonds. The van der Waals surface area contributed by atoms with Gasteiger partial charge in [0.1, 0.15) is 5.75 Å². The van der Waals surface area contributed by atoms with E-state index in [0.717, 1.165) is 44.1 Å². The number of rotatable bonds is 5. The van der Waals surface area contributed by atoms with Crippen molar-refractivity contribution in [1.29, 1.82) is 0 Å². The average molecular weight is 316 g/mol. The highest BCUT2D eigenvalue weighted by Gasteiger charge is 2.46. The van der Waals surface area contributed by atoms with Crippen molar-refractivity contribution in [2.24, 2.45) is 11.7 Å². The Balaban J connectivity index is 1.65. The molecule has 0 unspecified atom stereocenters. The summed E-state index contributed by atoms with van der Waals surface area (Å²) in [5.74, 6) is -0.0140. The summed E-state index contributed by atoms with van der Waals surface area (Å²) in [5.41, 5.74) is 5.94. The van der Waals surface area contributed by atoms with Crippen molar-refractivity contribution in [3.63, 3.8) is 0 Å². The van der Waals surface area contributed by atoms with Crippen molar-refractivity contribution in [3.05, 3.63) is 29.8 Å². The minimum atomic E-state index is -0.451. The van der Waals surface area contributed by atoms with E-state index in [1.165, 1.54) is 0 Å². The maximum Gasteiger partial charge on any atom is 0.224 e. The van der Waals surface area contributed by atoms with Crippen molar-refractivity contribution in [2.45, 2.75) is 56.4 Å². The number of amides is 2. The van der Waals surface area contributed by atoms with E-state index in [0.29, 0.717) is 0 Å². The molecule has 3 rings (SSSR count). The van der Waals surface area contributed by atoms with Crippen LogP contribution in [0.3, 0.4) is 0 Å². The minimum Gasteiger partial charge on any atom is -0.508 e. The highest BCUT2D eigenvalue weighted by molar-refractivity contribution is 5.85. The quantitative estimate of drug-likeness (QED) is 0.777. The Morgan fingerprint density at radius 1 is 1.26 bits per heavy atom. The predicted molar refractivity (Wildman–Crippen MR) is 86.7 cm³/mol. The molecular formula is C18H24N2O3. The van der Waals surface area contributed by atoms with Crippen LogP contribution in [0.5, 0.6) is 5.75 Å². The van der Waals surface area contributed by atoms with Crippen LogP contribution in [0.1, 0.15) is 56.4 Å². The van der Waals surface area contributed by atoms with Crippen molar-refractivity contribution >= 4 is 11.8 Å². The maximum absolute atomic E-state index is 12.6. The second kappa shape index (κ2) is 6.22. The van der Waals surface area contributed by atoms with Crippen LogP contribution in [-0.2, 0) is 9.59 Å². The van der Waals surface area contributed by atoms with Gasteiger partial charge in [-0.05, 0) is 42.9 Å². The molecule has 0 spiro atoms. The van der Waals surface area contributed by atoms with Gasteiger partial charge in [0.2, 0.25) is 11.8 Å². The number of phenols is 1. The molecule has 2 fully saturated rings. The fourth-order valence-electron chi connectivity index (χ4n) is 3.87. The number of primary amides is 1. The van der Waals surface area contributed by atoms with E-state index < -0.39 is 5.54 Å².